The smallest absolute Gasteiger partial charge is 0.309 e. The molecule has 2 aliphatic heterocycles. The average molecular weight is 567 g/mol. The van der Waals surface area contributed by atoms with Crippen LogP contribution in [0.5, 0.6) is 5.75 Å². The van der Waals surface area contributed by atoms with Gasteiger partial charge in [-0.05, 0) is 77.0 Å². The van der Waals surface area contributed by atoms with E-state index in [1.165, 1.54) is 12.8 Å². The minimum atomic E-state index is -0.660. The highest BCUT2D eigenvalue weighted by Crippen LogP contribution is 2.46. The maximum atomic E-state index is 11.5. The molecule has 6 nitrogen and oxygen atoms in total. The highest BCUT2D eigenvalue weighted by molar-refractivity contribution is 6.35. The predicted molar refractivity (Wildman–Crippen MR) is 148 cm³/mol. The molecule has 0 bridgehead atoms. The number of likely N-dealkylation sites (tertiary alicyclic amines) is 1. The number of carbonyl (C=O) groups is 1. The van der Waals surface area contributed by atoms with E-state index in [1.54, 1.807) is 12.1 Å². The number of anilines is 1. The van der Waals surface area contributed by atoms with E-state index in [4.69, 9.17) is 44.5 Å². The number of pyridine rings is 1. The Hall–Kier alpha value is -1.73. The number of rotatable bonds is 7. The molecule has 2 aromatic rings. The van der Waals surface area contributed by atoms with Gasteiger partial charge in [0, 0.05) is 47.4 Å². The summed E-state index contributed by atoms with van der Waals surface area (Å²) in [4.78, 5) is 21.1. The van der Waals surface area contributed by atoms with Crippen molar-refractivity contribution in [2.45, 2.75) is 58.6 Å². The number of aromatic nitrogens is 1. The van der Waals surface area contributed by atoms with Crippen LogP contribution in [0.1, 0.15) is 56.9 Å². The van der Waals surface area contributed by atoms with Gasteiger partial charge in [-0.25, -0.2) is 4.98 Å². The van der Waals surface area contributed by atoms with Crippen LogP contribution in [0.25, 0.3) is 0 Å². The molecule has 200 valence electrons. The first kappa shape index (κ1) is 26.9. The number of carboxylic acids is 1. The zero-order valence-electron chi connectivity index (χ0n) is 21.5. The molecular formula is C28H34Cl3N3O3. The van der Waals surface area contributed by atoms with Crippen LogP contribution in [0.2, 0.25) is 15.1 Å². The number of aliphatic carboxylic acids is 1. The van der Waals surface area contributed by atoms with Crippen molar-refractivity contribution in [2.75, 3.05) is 31.1 Å². The van der Waals surface area contributed by atoms with Crippen molar-refractivity contribution in [3.8, 4) is 5.75 Å². The van der Waals surface area contributed by atoms with Gasteiger partial charge in [-0.2, -0.15) is 0 Å². The summed E-state index contributed by atoms with van der Waals surface area (Å²) in [6.07, 6.45) is 3.65. The van der Waals surface area contributed by atoms with E-state index in [-0.39, 0.29) is 6.10 Å². The molecule has 5 rings (SSSR count). The lowest BCUT2D eigenvalue weighted by Gasteiger charge is -2.52. The summed E-state index contributed by atoms with van der Waals surface area (Å²) < 4.78 is 6.25. The molecule has 0 unspecified atom stereocenters. The lowest BCUT2D eigenvalue weighted by atomic mass is 9.65. The molecule has 1 saturated carbocycles. The fourth-order valence-electron chi connectivity index (χ4n) is 6.11. The molecule has 2 atom stereocenters. The van der Waals surface area contributed by atoms with E-state index < -0.39 is 11.4 Å². The molecule has 1 aromatic heterocycles. The number of hydrogen-bond acceptors (Lipinski definition) is 5. The lowest BCUT2D eigenvalue weighted by molar-refractivity contribution is -0.158. The summed E-state index contributed by atoms with van der Waals surface area (Å²) in [5.41, 5.74) is 1.04. The van der Waals surface area contributed by atoms with Gasteiger partial charge < -0.3 is 19.6 Å². The Labute approximate surface area is 233 Å². The van der Waals surface area contributed by atoms with E-state index in [2.05, 4.69) is 9.80 Å². The summed E-state index contributed by atoms with van der Waals surface area (Å²) in [5.74, 6) is 2.07. The number of piperidine rings is 1. The Morgan fingerprint density at radius 1 is 1.16 bits per heavy atom. The molecule has 1 N–H and O–H groups in total. The van der Waals surface area contributed by atoms with E-state index in [1.807, 2.05) is 32.9 Å². The highest BCUT2D eigenvalue weighted by Gasteiger charge is 2.49. The van der Waals surface area contributed by atoms with Crippen molar-refractivity contribution in [3.63, 3.8) is 0 Å². The summed E-state index contributed by atoms with van der Waals surface area (Å²) in [7, 11) is 0. The van der Waals surface area contributed by atoms with Gasteiger partial charge in [0.15, 0.2) is 0 Å². The minimum Gasteiger partial charge on any atom is -0.484 e. The Morgan fingerprint density at radius 2 is 1.89 bits per heavy atom. The molecule has 0 amide bonds. The molecule has 1 aliphatic carbocycles. The Balaban J connectivity index is 1.20. The van der Waals surface area contributed by atoms with Gasteiger partial charge in [0.1, 0.15) is 22.7 Å². The fourth-order valence-corrected chi connectivity index (χ4v) is 6.82. The number of hydrogen-bond donors (Lipinski definition) is 1. The summed E-state index contributed by atoms with van der Waals surface area (Å²) in [6, 6.07) is 7.73. The van der Waals surface area contributed by atoms with Crippen molar-refractivity contribution in [3.05, 3.63) is 50.6 Å². The van der Waals surface area contributed by atoms with Crippen molar-refractivity contribution < 1.29 is 14.6 Å². The van der Waals surface area contributed by atoms with Crippen LogP contribution in [0.4, 0.5) is 5.82 Å². The van der Waals surface area contributed by atoms with E-state index in [0.29, 0.717) is 38.7 Å². The summed E-state index contributed by atoms with van der Waals surface area (Å²) in [5, 5.41) is 11.1. The van der Waals surface area contributed by atoms with Crippen LogP contribution in [0, 0.1) is 24.2 Å². The third kappa shape index (κ3) is 5.40. The molecule has 0 spiro atoms. The first-order valence-corrected chi connectivity index (χ1v) is 14.2. The lowest BCUT2D eigenvalue weighted by Crippen LogP contribution is -2.58. The topological polar surface area (TPSA) is 65.9 Å². The van der Waals surface area contributed by atoms with Crippen LogP contribution in [0.15, 0.2) is 24.3 Å². The van der Waals surface area contributed by atoms with Crippen LogP contribution >= 0.6 is 34.8 Å². The van der Waals surface area contributed by atoms with E-state index >= 15 is 0 Å². The zero-order valence-corrected chi connectivity index (χ0v) is 23.8. The third-order valence-electron chi connectivity index (χ3n) is 8.58. The van der Waals surface area contributed by atoms with Crippen molar-refractivity contribution in [1.82, 2.24) is 9.88 Å². The molecular weight excluding hydrogens is 533 g/mol. The van der Waals surface area contributed by atoms with Gasteiger partial charge in [-0.15, -0.1) is 0 Å². The minimum absolute atomic E-state index is 0.302. The molecule has 3 heterocycles. The number of halogens is 3. The Bertz CT molecular complexity index is 1180. The third-order valence-corrected chi connectivity index (χ3v) is 9.60. The largest absolute Gasteiger partial charge is 0.484 e. The summed E-state index contributed by atoms with van der Waals surface area (Å²) in [6.45, 7) is 9.79. The molecule has 3 aliphatic rings. The maximum absolute atomic E-state index is 11.5. The summed E-state index contributed by atoms with van der Waals surface area (Å²) >= 11 is 19.0. The molecule has 1 aromatic carbocycles. The molecule has 37 heavy (non-hydrogen) atoms. The number of benzene rings is 1. The van der Waals surface area contributed by atoms with Crippen LogP contribution in [-0.2, 0) is 4.79 Å². The van der Waals surface area contributed by atoms with Crippen LogP contribution < -0.4 is 9.64 Å². The quantitative estimate of drug-likeness (QED) is 0.394. The second-order valence-electron chi connectivity index (χ2n) is 11.3. The second kappa shape index (κ2) is 10.4. The SMILES string of the molecule is Cc1nc(N2CC([C@H]3CCCN(C4CC(C)(C(=O)O)C4)C3)C2)cc(O[C@H](C)c2ccc(Cl)cc2Cl)c1Cl. The van der Waals surface area contributed by atoms with Crippen molar-refractivity contribution in [2.24, 2.45) is 17.3 Å². The van der Waals surface area contributed by atoms with Crippen molar-refractivity contribution >= 4 is 46.6 Å². The van der Waals surface area contributed by atoms with Gasteiger partial charge in [-0.1, -0.05) is 40.9 Å². The Morgan fingerprint density at radius 3 is 2.57 bits per heavy atom. The predicted octanol–water partition coefficient (Wildman–Crippen LogP) is 6.89. The van der Waals surface area contributed by atoms with E-state index in [0.717, 1.165) is 56.1 Å². The molecule has 3 fully saturated rings. The van der Waals surface area contributed by atoms with Crippen LogP contribution in [-0.4, -0.2) is 53.2 Å². The molecule has 2 saturated heterocycles. The second-order valence-corrected chi connectivity index (χ2v) is 12.5. The first-order chi connectivity index (χ1) is 17.5. The highest BCUT2D eigenvalue weighted by atomic mass is 35.5. The van der Waals surface area contributed by atoms with Gasteiger partial charge in [0.2, 0.25) is 0 Å². The van der Waals surface area contributed by atoms with Gasteiger partial charge in [0.05, 0.1) is 11.1 Å². The Kier molecular flexibility index (Phi) is 7.58. The molecule has 9 heteroatoms. The fraction of sp³-hybridized carbons (Fsp3) is 0.571. The van der Waals surface area contributed by atoms with Crippen LogP contribution in [0.3, 0.4) is 0 Å². The number of ether oxygens (including phenoxy) is 1. The number of carboxylic acid groups (broad SMARTS) is 1. The zero-order chi connectivity index (χ0) is 26.5. The monoisotopic (exact) mass is 565 g/mol. The van der Waals surface area contributed by atoms with Gasteiger partial charge in [0.25, 0.3) is 0 Å². The number of aryl methyl sites for hydroxylation is 1. The standard InChI is InChI=1S/C28H34Cl3N3O3/c1-16-26(31)24(37-17(2)22-7-6-20(29)9-23(22)30)10-25(32-16)34-14-19(15-34)18-5-4-8-33(13-18)21-11-28(3,12-21)27(35)36/h6-7,9-10,17-19,21H,4-5,8,11-15H2,1-3H3,(H,35,36)/t17-,18+,21?,28?/m1/s1. The molecule has 0 radical (unpaired) electrons. The first-order valence-electron chi connectivity index (χ1n) is 13.0. The van der Waals surface area contributed by atoms with E-state index in [9.17, 15) is 9.90 Å². The number of nitrogens with zero attached hydrogens (tertiary/aromatic N) is 3. The van der Waals surface area contributed by atoms with Gasteiger partial charge >= 0.3 is 5.97 Å². The van der Waals surface area contributed by atoms with Gasteiger partial charge in [-0.3, -0.25) is 4.79 Å². The maximum Gasteiger partial charge on any atom is 0.309 e. The van der Waals surface area contributed by atoms with Crippen molar-refractivity contribution in [1.29, 1.82) is 0 Å². The average Bonchev–Trinajstić information content (AvgIpc) is 2.79. The normalized spacial score (nSPS) is 27.4.